The first-order valence-corrected chi connectivity index (χ1v) is 15.3. The van der Waals surface area contributed by atoms with Gasteiger partial charge in [-0.1, -0.05) is 90.4 Å². The van der Waals surface area contributed by atoms with E-state index in [0.717, 1.165) is 23.5 Å². The van der Waals surface area contributed by atoms with E-state index in [4.69, 9.17) is 13.3 Å². The molecule has 0 heterocycles. The summed E-state index contributed by atoms with van der Waals surface area (Å²) in [6, 6.07) is 1.59. The highest BCUT2D eigenvalue weighted by Gasteiger charge is 2.38. The van der Waals surface area contributed by atoms with Crippen LogP contribution in [-0.2, 0) is 13.3 Å². The van der Waals surface area contributed by atoms with E-state index in [-0.39, 0.29) is 0 Å². The number of nitrogens with zero attached hydrogens (tertiary/aromatic N) is 1. The summed E-state index contributed by atoms with van der Waals surface area (Å²) in [5, 5.41) is 0. The summed E-state index contributed by atoms with van der Waals surface area (Å²) < 4.78 is 17.7. The van der Waals surface area contributed by atoms with Gasteiger partial charge in [-0.25, -0.2) is 0 Å². The zero-order chi connectivity index (χ0) is 23.4. The van der Waals surface area contributed by atoms with Gasteiger partial charge in [0.05, 0.1) is 26.7 Å². The molecule has 0 aliphatic heterocycles. The van der Waals surface area contributed by atoms with Gasteiger partial charge in [0.2, 0.25) is 0 Å². The molecule has 0 aliphatic carbocycles. The largest absolute Gasteiger partial charge is 0.500 e. The van der Waals surface area contributed by atoms with E-state index in [2.05, 4.69) is 27.9 Å². The molecule has 0 saturated heterocycles. The second-order valence-electron chi connectivity index (χ2n) is 10.1. The van der Waals surface area contributed by atoms with E-state index >= 15 is 0 Å². The summed E-state index contributed by atoms with van der Waals surface area (Å²) in [7, 11) is 7.42. The molecule has 0 bridgehead atoms. The summed E-state index contributed by atoms with van der Waals surface area (Å²) in [6.45, 7) is 5.85. The van der Waals surface area contributed by atoms with Crippen LogP contribution in [0.2, 0.25) is 6.04 Å². The number of unbranched alkanes of at least 4 members (excludes halogenated alkanes) is 13. The minimum atomic E-state index is -2.42. The number of hydrogen-bond acceptors (Lipinski definition) is 3. The van der Waals surface area contributed by atoms with Gasteiger partial charge in [0.25, 0.3) is 0 Å². The smallest absolute Gasteiger partial charge is 0.377 e. The van der Waals surface area contributed by atoms with Crippen LogP contribution in [-0.4, -0.2) is 61.3 Å². The maximum atomic E-state index is 5.56. The van der Waals surface area contributed by atoms with Crippen LogP contribution in [0.5, 0.6) is 0 Å². The van der Waals surface area contributed by atoms with Crippen LogP contribution in [0.4, 0.5) is 0 Å². The quantitative estimate of drug-likeness (QED) is 0.0892. The van der Waals surface area contributed by atoms with E-state index in [1.165, 1.54) is 96.3 Å². The zero-order valence-electron chi connectivity index (χ0n) is 22.5. The van der Waals surface area contributed by atoms with E-state index in [1.807, 2.05) is 0 Å². The molecule has 0 aromatic heterocycles. The Morgan fingerprint density at radius 2 is 1.00 bits per heavy atom. The predicted octanol–water partition coefficient (Wildman–Crippen LogP) is 7.59. The van der Waals surface area contributed by atoms with Crippen molar-refractivity contribution >= 4 is 8.80 Å². The van der Waals surface area contributed by atoms with Crippen molar-refractivity contribution in [3.8, 4) is 0 Å². The van der Waals surface area contributed by atoms with Gasteiger partial charge in [0.1, 0.15) is 0 Å². The maximum Gasteiger partial charge on any atom is 0.500 e. The summed E-state index contributed by atoms with van der Waals surface area (Å²) in [5.74, 6) is 0. The molecule has 0 N–H and O–H groups in total. The van der Waals surface area contributed by atoms with Crippen molar-refractivity contribution in [2.24, 2.45) is 0 Å². The normalized spacial score (nSPS) is 13.6. The highest BCUT2D eigenvalue weighted by Crippen LogP contribution is 2.20. The minimum absolute atomic E-state index is 0.695. The highest BCUT2D eigenvalue weighted by atomic mass is 28.4. The topological polar surface area (TPSA) is 27.7 Å². The Labute approximate surface area is 197 Å². The van der Waals surface area contributed by atoms with E-state index in [9.17, 15) is 0 Å². The van der Waals surface area contributed by atoms with Crippen LogP contribution in [0.3, 0.4) is 0 Å². The van der Waals surface area contributed by atoms with Gasteiger partial charge in [-0.3, -0.25) is 0 Å². The van der Waals surface area contributed by atoms with Crippen LogP contribution < -0.4 is 0 Å². The van der Waals surface area contributed by atoms with Gasteiger partial charge in [0, 0.05) is 33.8 Å². The van der Waals surface area contributed by atoms with Gasteiger partial charge in [-0.15, -0.1) is 0 Å². The summed E-state index contributed by atoms with van der Waals surface area (Å²) >= 11 is 0. The maximum absolute atomic E-state index is 5.56. The number of rotatable bonds is 23. The first kappa shape index (κ1) is 31.1. The van der Waals surface area contributed by atoms with Crippen molar-refractivity contribution in [2.75, 3.05) is 42.0 Å². The van der Waals surface area contributed by atoms with Crippen LogP contribution in [0, 0.1) is 0 Å². The average molecular weight is 461 g/mol. The molecular formula is C26H58NO3Si+. The molecule has 0 aromatic carbocycles. The average Bonchev–Trinajstić information content (AvgIpc) is 2.77. The lowest BCUT2D eigenvalue weighted by molar-refractivity contribution is -0.913. The van der Waals surface area contributed by atoms with E-state index < -0.39 is 8.80 Å². The molecule has 0 amide bonds. The van der Waals surface area contributed by atoms with Crippen molar-refractivity contribution in [1.82, 2.24) is 0 Å². The molecule has 0 rings (SSSR count). The third kappa shape index (κ3) is 15.5. The zero-order valence-corrected chi connectivity index (χ0v) is 23.5. The molecule has 1 atom stereocenters. The Hall–Kier alpha value is 0.0569. The van der Waals surface area contributed by atoms with Crippen LogP contribution in [0.1, 0.15) is 117 Å². The molecule has 0 aliphatic rings. The van der Waals surface area contributed by atoms with Gasteiger partial charge in [0.15, 0.2) is 0 Å². The Bertz CT molecular complexity index is 381. The van der Waals surface area contributed by atoms with Gasteiger partial charge < -0.3 is 17.8 Å². The van der Waals surface area contributed by atoms with Crippen molar-refractivity contribution in [1.29, 1.82) is 0 Å². The Kier molecular flexibility index (Phi) is 19.6. The molecule has 4 nitrogen and oxygen atoms in total. The molecule has 0 spiro atoms. The second-order valence-corrected chi connectivity index (χ2v) is 13.2. The first-order chi connectivity index (χ1) is 14.9. The van der Waals surface area contributed by atoms with Crippen LogP contribution >= 0.6 is 0 Å². The Morgan fingerprint density at radius 3 is 1.39 bits per heavy atom. The van der Waals surface area contributed by atoms with Gasteiger partial charge in [-0.05, 0) is 19.8 Å². The molecule has 1 unspecified atom stereocenters. The lowest BCUT2D eigenvalue weighted by Crippen LogP contribution is -2.49. The van der Waals surface area contributed by atoms with Crippen LogP contribution in [0.25, 0.3) is 0 Å². The Morgan fingerprint density at radius 1 is 0.613 bits per heavy atom. The fourth-order valence-electron chi connectivity index (χ4n) is 4.46. The van der Waals surface area contributed by atoms with Crippen molar-refractivity contribution in [2.45, 2.75) is 129 Å². The molecule has 0 radical (unpaired) electrons. The van der Waals surface area contributed by atoms with E-state index in [1.54, 1.807) is 21.3 Å². The molecule has 0 saturated carbocycles. The third-order valence-corrected chi connectivity index (χ3v) is 10.2. The minimum Gasteiger partial charge on any atom is -0.377 e. The highest BCUT2D eigenvalue weighted by molar-refractivity contribution is 6.60. The molecule has 5 heteroatoms. The summed E-state index contributed by atoms with van der Waals surface area (Å²) in [4.78, 5) is 0. The Balaban J connectivity index is 3.67. The fourth-order valence-corrected chi connectivity index (χ4v) is 6.17. The van der Waals surface area contributed by atoms with Crippen molar-refractivity contribution in [3.63, 3.8) is 0 Å². The van der Waals surface area contributed by atoms with Crippen molar-refractivity contribution in [3.05, 3.63) is 0 Å². The molecule has 0 fully saturated rings. The summed E-state index contributed by atoms with van der Waals surface area (Å²) in [5.41, 5.74) is 0. The van der Waals surface area contributed by atoms with Crippen molar-refractivity contribution < 1.29 is 17.8 Å². The standard InChI is InChI=1S/C26H58NO3Si/c1-8-9-10-11-12-13-14-15-16-17-18-19-20-21-23-26(2)27(3,4)24-22-25-31(28-5,29-6)30-7/h26H,8-25H2,1-7H3/q+1. The van der Waals surface area contributed by atoms with Gasteiger partial charge >= 0.3 is 8.80 Å². The van der Waals surface area contributed by atoms with Gasteiger partial charge in [-0.2, -0.15) is 0 Å². The lowest BCUT2D eigenvalue weighted by Gasteiger charge is -2.37. The lowest BCUT2D eigenvalue weighted by atomic mass is 10.0. The molecule has 31 heavy (non-hydrogen) atoms. The third-order valence-electron chi connectivity index (χ3n) is 7.32. The first-order valence-electron chi connectivity index (χ1n) is 13.4. The predicted molar refractivity (Wildman–Crippen MR) is 138 cm³/mol. The number of hydrogen-bond donors (Lipinski definition) is 0. The number of quaternary nitrogens is 1. The second kappa shape index (κ2) is 19.5. The SMILES string of the molecule is CCCCCCCCCCCCCCCCC(C)[N+](C)(C)CCC[Si](OC)(OC)OC. The molecule has 188 valence electrons. The fraction of sp³-hybridized carbons (Fsp3) is 1.00. The van der Waals surface area contributed by atoms with E-state index in [0.29, 0.717) is 6.04 Å². The molecular weight excluding hydrogens is 402 g/mol. The molecule has 0 aromatic rings. The summed E-state index contributed by atoms with van der Waals surface area (Å²) in [6.07, 6.45) is 22.4. The van der Waals surface area contributed by atoms with Crippen LogP contribution in [0.15, 0.2) is 0 Å². The monoisotopic (exact) mass is 460 g/mol.